The van der Waals surface area contributed by atoms with Crippen molar-refractivity contribution in [1.29, 1.82) is 0 Å². The molecule has 0 radical (unpaired) electrons. The largest absolute Gasteiger partial charge is 0.379 e. The number of alkyl halides is 1. The number of halogens is 1. The van der Waals surface area contributed by atoms with Gasteiger partial charge in [-0.2, -0.15) is 0 Å². The molecule has 0 aromatic carbocycles. The molecule has 2 heterocycles. The van der Waals surface area contributed by atoms with Crippen LogP contribution in [-0.2, 0) is 18.9 Å². The van der Waals surface area contributed by atoms with E-state index >= 15 is 0 Å². The molecule has 8 nitrogen and oxygen atoms in total. The molecule has 4 atom stereocenters. The molecule has 0 aliphatic carbocycles. The fraction of sp³-hybridized carbons (Fsp3) is 0.818. The molecule has 31 heavy (non-hydrogen) atoms. The lowest BCUT2D eigenvalue weighted by molar-refractivity contribution is -0.172. The van der Waals surface area contributed by atoms with Crippen LogP contribution in [0.25, 0.3) is 0 Å². The van der Waals surface area contributed by atoms with Crippen molar-refractivity contribution in [2.24, 2.45) is 0 Å². The summed E-state index contributed by atoms with van der Waals surface area (Å²) in [5.74, 6) is 0. The fourth-order valence-electron chi connectivity index (χ4n) is 3.64. The zero-order valence-corrected chi connectivity index (χ0v) is 18.9. The molecule has 0 amide bonds. The van der Waals surface area contributed by atoms with E-state index in [0.717, 1.165) is 38.5 Å². The van der Waals surface area contributed by atoms with Gasteiger partial charge in [0.1, 0.15) is 18.9 Å². The second-order valence-corrected chi connectivity index (χ2v) is 7.91. The Morgan fingerprint density at radius 1 is 1.10 bits per heavy atom. The summed E-state index contributed by atoms with van der Waals surface area (Å²) in [4.78, 5) is 26.3. The molecule has 1 saturated heterocycles. The van der Waals surface area contributed by atoms with Crippen molar-refractivity contribution in [3.8, 4) is 0 Å². The molecule has 0 bridgehead atoms. The van der Waals surface area contributed by atoms with Gasteiger partial charge in [-0.25, -0.2) is 9.18 Å². The highest BCUT2D eigenvalue weighted by Crippen LogP contribution is 2.43. The third-order valence-corrected chi connectivity index (χ3v) is 5.44. The summed E-state index contributed by atoms with van der Waals surface area (Å²) in [6, 6.07) is 1.21. The highest BCUT2D eigenvalue weighted by Gasteiger charge is 2.60. The predicted molar refractivity (Wildman–Crippen MR) is 115 cm³/mol. The van der Waals surface area contributed by atoms with E-state index in [-0.39, 0.29) is 6.61 Å². The maximum absolute atomic E-state index is 14.8. The van der Waals surface area contributed by atoms with Crippen molar-refractivity contribution < 1.29 is 23.3 Å². The monoisotopic (exact) mass is 444 g/mol. The SMILES string of the molecule is CCCCOC[C@H]1O[C@@H](n2ccc(=O)[nH]c2=O)[C@](CF)(OCCCC)[C@@H]1OCCCC. The number of nitrogens with one attached hydrogen (secondary N) is 1. The normalized spacial score (nSPS) is 25.9. The van der Waals surface area contributed by atoms with Crippen LogP contribution < -0.4 is 11.2 Å². The molecule has 0 unspecified atom stereocenters. The Bertz CT molecular complexity index is 754. The third-order valence-electron chi connectivity index (χ3n) is 5.44. The van der Waals surface area contributed by atoms with Crippen molar-refractivity contribution in [3.05, 3.63) is 33.1 Å². The van der Waals surface area contributed by atoms with Gasteiger partial charge in [0, 0.05) is 32.1 Å². The summed E-state index contributed by atoms with van der Waals surface area (Å²) in [6.07, 6.45) is 4.07. The molecule has 0 saturated carbocycles. The summed E-state index contributed by atoms with van der Waals surface area (Å²) in [5, 5.41) is 0. The van der Waals surface area contributed by atoms with E-state index in [4.69, 9.17) is 18.9 Å². The molecule has 1 aromatic rings. The van der Waals surface area contributed by atoms with Crippen molar-refractivity contribution in [2.75, 3.05) is 33.1 Å². The van der Waals surface area contributed by atoms with Crippen LogP contribution in [0.4, 0.5) is 4.39 Å². The number of hydrogen-bond acceptors (Lipinski definition) is 6. The summed E-state index contributed by atoms with van der Waals surface area (Å²) in [5.41, 5.74) is -2.74. The highest BCUT2D eigenvalue weighted by atomic mass is 19.1. The van der Waals surface area contributed by atoms with Gasteiger partial charge in [0.2, 0.25) is 0 Å². The average molecular weight is 445 g/mol. The Hall–Kier alpha value is -1.55. The second kappa shape index (κ2) is 13.1. The molecule has 0 spiro atoms. The number of aromatic amines is 1. The molecule has 178 valence electrons. The smallest absolute Gasteiger partial charge is 0.330 e. The minimum Gasteiger partial charge on any atom is -0.379 e. The van der Waals surface area contributed by atoms with Gasteiger partial charge in [-0.05, 0) is 19.3 Å². The third kappa shape index (κ3) is 6.47. The van der Waals surface area contributed by atoms with E-state index in [2.05, 4.69) is 11.9 Å². The van der Waals surface area contributed by atoms with Crippen LogP contribution in [0.2, 0.25) is 0 Å². The Balaban J connectivity index is 2.40. The van der Waals surface area contributed by atoms with E-state index in [1.165, 1.54) is 16.8 Å². The first-order valence-electron chi connectivity index (χ1n) is 11.4. The van der Waals surface area contributed by atoms with Gasteiger partial charge in [-0.3, -0.25) is 14.3 Å². The first-order valence-corrected chi connectivity index (χ1v) is 11.4. The van der Waals surface area contributed by atoms with Gasteiger partial charge >= 0.3 is 5.69 Å². The quantitative estimate of drug-likeness (QED) is 0.418. The number of nitrogens with zero attached hydrogens (tertiary/aromatic N) is 1. The molecule has 2 rings (SSSR count). The number of aromatic nitrogens is 2. The zero-order valence-electron chi connectivity index (χ0n) is 18.9. The number of unbranched alkanes of at least 4 members (excludes halogenated alkanes) is 3. The lowest BCUT2D eigenvalue weighted by Crippen LogP contribution is -2.54. The number of H-pyrrole nitrogens is 1. The van der Waals surface area contributed by atoms with E-state index < -0.39 is 42.0 Å². The average Bonchev–Trinajstić information content (AvgIpc) is 3.05. The minimum atomic E-state index is -1.52. The van der Waals surface area contributed by atoms with Gasteiger partial charge in [0.15, 0.2) is 11.8 Å². The molecule has 9 heteroatoms. The molecular formula is C22H37FN2O6. The van der Waals surface area contributed by atoms with Crippen LogP contribution in [0.5, 0.6) is 0 Å². The summed E-state index contributed by atoms with van der Waals surface area (Å²) in [6.45, 7) is 6.70. The molecule has 1 aliphatic heterocycles. The minimum absolute atomic E-state index is 0.199. The molecule has 1 N–H and O–H groups in total. The van der Waals surface area contributed by atoms with Crippen molar-refractivity contribution in [3.63, 3.8) is 0 Å². The maximum atomic E-state index is 14.8. The maximum Gasteiger partial charge on any atom is 0.330 e. The van der Waals surface area contributed by atoms with Gasteiger partial charge in [0.05, 0.1) is 6.61 Å². The van der Waals surface area contributed by atoms with Gasteiger partial charge < -0.3 is 18.9 Å². The van der Waals surface area contributed by atoms with Crippen molar-refractivity contribution in [2.45, 2.75) is 83.3 Å². The van der Waals surface area contributed by atoms with Crippen LogP contribution >= 0.6 is 0 Å². The number of rotatable bonds is 15. The molecular weight excluding hydrogens is 407 g/mol. The zero-order chi connectivity index (χ0) is 22.7. The predicted octanol–water partition coefficient (Wildman–Crippen LogP) is 2.96. The Morgan fingerprint density at radius 3 is 2.42 bits per heavy atom. The van der Waals surface area contributed by atoms with E-state index in [1.54, 1.807) is 0 Å². The van der Waals surface area contributed by atoms with E-state index in [1.807, 2.05) is 13.8 Å². The van der Waals surface area contributed by atoms with E-state index in [0.29, 0.717) is 19.8 Å². The Labute approximate surface area is 183 Å². The number of ether oxygens (including phenoxy) is 4. The van der Waals surface area contributed by atoms with Crippen LogP contribution in [0.3, 0.4) is 0 Å². The van der Waals surface area contributed by atoms with Crippen molar-refractivity contribution >= 4 is 0 Å². The molecule has 1 aliphatic rings. The number of hydrogen-bond donors (Lipinski definition) is 1. The van der Waals surface area contributed by atoms with Gasteiger partial charge in [-0.15, -0.1) is 0 Å². The van der Waals surface area contributed by atoms with Crippen LogP contribution in [0, 0.1) is 0 Å². The molecule has 1 fully saturated rings. The lowest BCUT2D eigenvalue weighted by atomic mass is 9.94. The Kier molecular flexibility index (Phi) is 10.9. The molecule has 1 aromatic heterocycles. The summed E-state index contributed by atoms with van der Waals surface area (Å²) < 4.78 is 40.1. The second-order valence-electron chi connectivity index (χ2n) is 7.91. The van der Waals surface area contributed by atoms with Gasteiger partial charge in [-0.1, -0.05) is 40.0 Å². The first-order chi connectivity index (χ1) is 15.0. The highest BCUT2D eigenvalue weighted by molar-refractivity contribution is 5.06. The van der Waals surface area contributed by atoms with Crippen LogP contribution in [-0.4, -0.2) is 60.5 Å². The summed E-state index contributed by atoms with van der Waals surface area (Å²) >= 11 is 0. The van der Waals surface area contributed by atoms with Crippen molar-refractivity contribution in [1.82, 2.24) is 9.55 Å². The topological polar surface area (TPSA) is 91.8 Å². The first kappa shape index (κ1) is 25.7. The summed E-state index contributed by atoms with van der Waals surface area (Å²) in [7, 11) is 0. The van der Waals surface area contributed by atoms with E-state index in [9.17, 15) is 14.0 Å². The standard InChI is InChI=1S/C22H37FN2O6/c1-4-7-12-28-15-17-19(29-13-8-5-2)22(16-23,30-14-9-6-3)20(31-17)25-11-10-18(26)24-21(25)27/h10-11,17,19-20H,4-9,12-16H2,1-3H3,(H,24,26,27)/t17-,19-,20-,22-/m1/s1. The lowest BCUT2D eigenvalue weighted by Gasteiger charge is -2.36. The Morgan fingerprint density at radius 2 is 1.77 bits per heavy atom. The van der Waals surface area contributed by atoms with Crippen LogP contribution in [0.1, 0.15) is 65.5 Å². The fourth-order valence-corrected chi connectivity index (χ4v) is 3.64. The van der Waals surface area contributed by atoms with Gasteiger partial charge in [0.25, 0.3) is 5.56 Å². The van der Waals surface area contributed by atoms with Crippen LogP contribution in [0.15, 0.2) is 21.9 Å².